The fraction of sp³-hybridized carbons (Fsp3) is 0.143. The first-order chi connectivity index (χ1) is 13.2. The van der Waals surface area contributed by atoms with Gasteiger partial charge in [-0.3, -0.25) is 9.59 Å². The molecule has 6 nitrogen and oxygen atoms in total. The Morgan fingerprint density at radius 2 is 1.96 bits per heavy atom. The summed E-state index contributed by atoms with van der Waals surface area (Å²) in [5, 5.41) is 4.67. The summed E-state index contributed by atoms with van der Waals surface area (Å²) >= 11 is 0. The summed E-state index contributed by atoms with van der Waals surface area (Å²) in [6.45, 7) is 1.06. The number of nitrogens with zero attached hydrogens (tertiary/aromatic N) is 1. The zero-order chi connectivity index (χ0) is 18.8. The minimum atomic E-state index is -0.289. The Morgan fingerprint density at radius 3 is 2.81 bits per heavy atom. The van der Waals surface area contributed by atoms with Crippen molar-refractivity contribution in [3.63, 3.8) is 0 Å². The monoisotopic (exact) mass is 361 g/mol. The van der Waals surface area contributed by atoms with E-state index >= 15 is 0 Å². The van der Waals surface area contributed by atoms with E-state index in [1.165, 1.54) is 6.07 Å². The molecule has 1 amide bonds. The maximum absolute atomic E-state index is 12.6. The number of pyridine rings is 1. The van der Waals surface area contributed by atoms with Crippen molar-refractivity contribution < 1.29 is 9.53 Å². The van der Waals surface area contributed by atoms with Crippen LogP contribution in [0.15, 0.2) is 65.6 Å². The zero-order valence-electron chi connectivity index (χ0n) is 14.9. The molecule has 27 heavy (non-hydrogen) atoms. The number of aromatic nitrogens is 2. The van der Waals surface area contributed by atoms with Crippen molar-refractivity contribution in [1.29, 1.82) is 0 Å². The Kier molecular flexibility index (Phi) is 4.38. The van der Waals surface area contributed by atoms with Gasteiger partial charge in [0.15, 0.2) is 0 Å². The number of nitrogens with one attached hydrogen (secondary N) is 2. The van der Waals surface area contributed by atoms with E-state index in [-0.39, 0.29) is 11.5 Å². The molecule has 136 valence electrons. The molecule has 2 N–H and O–H groups in total. The third kappa shape index (κ3) is 3.17. The first-order valence-corrected chi connectivity index (χ1v) is 8.69. The Bertz CT molecular complexity index is 1190. The van der Waals surface area contributed by atoms with Crippen LogP contribution in [0.2, 0.25) is 0 Å². The molecule has 0 saturated heterocycles. The SMILES string of the molecule is COc1cccc2c1ccn2CCNC(=O)c1cc(=O)[nH]c2ccccc12. The molecule has 0 unspecified atom stereocenters. The van der Waals surface area contributed by atoms with Crippen LogP contribution in [0.5, 0.6) is 5.75 Å². The summed E-state index contributed by atoms with van der Waals surface area (Å²) in [4.78, 5) is 27.2. The number of hydrogen-bond donors (Lipinski definition) is 2. The molecule has 2 aromatic carbocycles. The highest BCUT2D eigenvalue weighted by Gasteiger charge is 2.11. The molecule has 0 fully saturated rings. The van der Waals surface area contributed by atoms with Crippen molar-refractivity contribution >= 4 is 27.7 Å². The molecule has 6 heteroatoms. The highest BCUT2D eigenvalue weighted by Crippen LogP contribution is 2.26. The summed E-state index contributed by atoms with van der Waals surface area (Å²) in [5.41, 5.74) is 1.79. The first kappa shape index (κ1) is 16.9. The van der Waals surface area contributed by atoms with E-state index in [0.717, 1.165) is 22.0 Å². The predicted octanol–water partition coefficient (Wildman–Crippen LogP) is 2.92. The number of amides is 1. The van der Waals surface area contributed by atoms with E-state index in [4.69, 9.17) is 4.74 Å². The Balaban J connectivity index is 1.52. The molecule has 0 aliphatic carbocycles. The van der Waals surface area contributed by atoms with Crippen molar-refractivity contribution in [2.75, 3.05) is 13.7 Å². The lowest BCUT2D eigenvalue weighted by molar-refractivity contribution is 0.0954. The molecule has 4 rings (SSSR count). The molecule has 0 saturated carbocycles. The van der Waals surface area contributed by atoms with Crippen LogP contribution in [0.1, 0.15) is 10.4 Å². The van der Waals surface area contributed by atoms with Gasteiger partial charge < -0.3 is 19.6 Å². The van der Waals surface area contributed by atoms with E-state index < -0.39 is 0 Å². The van der Waals surface area contributed by atoms with Gasteiger partial charge in [-0.2, -0.15) is 0 Å². The quantitative estimate of drug-likeness (QED) is 0.574. The van der Waals surface area contributed by atoms with Gasteiger partial charge in [0, 0.05) is 41.6 Å². The van der Waals surface area contributed by atoms with E-state index in [9.17, 15) is 9.59 Å². The molecule has 0 aliphatic heterocycles. The summed E-state index contributed by atoms with van der Waals surface area (Å²) in [6.07, 6.45) is 1.97. The van der Waals surface area contributed by atoms with Gasteiger partial charge in [0.25, 0.3) is 5.91 Å². The van der Waals surface area contributed by atoms with Gasteiger partial charge in [0.05, 0.1) is 18.2 Å². The van der Waals surface area contributed by atoms with Crippen LogP contribution in [-0.4, -0.2) is 29.1 Å². The van der Waals surface area contributed by atoms with Crippen LogP contribution in [0.3, 0.4) is 0 Å². The van der Waals surface area contributed by atoms with Crippen molar-refractivity contribution in [1.82, 2.24) is 14.9 Å². The predicted molar refractivity (Wildman–Crippen MR) is 105 cm³/mol. The smallest absolute Gasteiger partial charge is 0.252 e. The van der Waals surface area contributed by atoms with E-state index in [1.807, 2.05) is 48.7 Å². The standard InChI is InChI=1S/C21H19N3O3/c1-27-19-8-4-7-18-15(19)9-11-24(18)12-10-22-21(26)16-13-20(25)23-17-6-3-2-5-14(16)17/h2-9,11,13H,10,12H2,1H3,(H,22,26)(H,23,25). The normalized spacial score (nSPS) is 11.0. The minimum Gasteiger partial charge on any atom is -0.496 e. The summed E-state index contributed by atoms with van der Waals surface area (Å²) in [5.74, 6) is 0.566. The van der Waals surface area contributed by atoms with E-state index in [2.05, 4.69) is 14.9 Å². The lowest BCUT2D eigenvalue weighted by Gasteiger charge is -2.10. The molecule has 4 aromatic rings. The third-order valence-electron chi connectivity index (χ3n) is 4.63. The summed E-state index contributed by atoms with van der Waals surface area (Å²) in [7, 11) is 1.65. The molecule has 0 atom stereocenters. The summed E-state index contributed by atoms with van der Waals surface area (Å²) < 4.78 is 7.44. The van der Waals surface area contributed by atoms with Gasteiger partial charge in [0.2, 0.25) is 5.56 Å². The van der Waals surface area contributed by atoms with Crippen LogP contribution in [-0.2, 0) is 6.54 Å². The second-order valence-corrected chi connectivity index (χ2v) is 6.25. The first-order valence-electron chi connectivity index (χ1n) is 8.69. The fourth-order valence-electron chi connectivity index (χ4n) is 3.35. The van der Waals surface area contributed by atoms with Crippen LogP contribution in [0, 0.1) is 0 Å². The number of carbonyl (C=O) groups excluding carboxylic acids is 1. The van der Waals surface area contributed by atoms with Crippen molar-refractivity contribution in [2.24, 2.45) is 0 Å². The number of aromatic amines is 1. The van der Waals surface area contributed by atoms with Crippen molar-refractivity contribution in [3.05, 3.63) is 76.7 Å². The van der Waals surface area contributed by atoms with Crippen LogP contribution < -0.4 is 15.6 Å². The molecule has 0 radical (unpaired) electrons. The fourth-order valence-corrected chi connectivity index (χ4v) is 3.35. The number of hydrogen-bond acceptors (Lipinski definition) is 3. The maximum atomic E-state index is 12.6. The van der Waals surface area contributed by atoms with Crippen LogP contribution in [0.4, 0.5) is 0 Å². The van der Waals surface area contributed by atoms with Crippen molar-refractivity contribution in [3.8, 4) is 5.75 Å². The Labute approximate surface area is 155 Å². The molecule has 0 aliphatic rings. The van der Waals surface area contributed by atoms with Gasteiger partial charge in [0.1, 0.15) is 5.75 Å². The average molecular weight is 361 g/mol. The Hall–Kier alpha value is -3.54. The second-order valence-electron chi connectivity index (χ2n) is 6.25. The van der Waals surface area contributed by atoms with Gasteiger partial charge in [-0.1, -0.05) is 24.3 Å². The van der Waals surface area contributed by atoms with Gasteiger partial charge in [-0.25, -0.2) is 0 Å². The number of para-hydroxylation sites is 1. The van der Waals surface area contributed by atoms with Gasteiger partial charge >= 0.3 is 0 Å². The highest BCUT2D eigenvalue weighted by atomic mass is 16.5. The second kappa shape index (κ2) is 6.99. The highest BCUT2D eigenvalue weighted by molar-refractivity contribution is 6.05. The molecule has 0 bridgehead atoms. The zero-order valence-corrected chi connectivity index (χ0v) is 14.9. The number of H-pyrrole nitrogens is 1. The van der Waals surface area contributed by atoms with Crippen LogP contribution >= 0.6 is 0 Å². The molecule has 0 spiro atoms. The molecule has 2 aromatic heterocycles. The molecule has 2 heterocycles. The van der Waals surface area contributed by atoms with Gasteiger partial charge in [-0.15, -0.1) is 0 Å². The topological polar surface area (TPSA) is 76.1 Å². The van der Waals surface area contributed by atoms with Gasteiger partial charge in [-0.05, 0) is 24.3 Å². The largest absolute Gasteiger partial charge is 0.496 e. The number of methoxy groups -OCH3 is 1. The third-order valence-corrected chi connectivity index (χ3v) is 4.63. The van der Waals surface area contributed by atoms with E-state index in [1.54, 1.807) is 13.2 Å². The number of fused-ring (bicyclic) bond motifs is 2. The van der Waals surface area contributed by atoms with Crippen molar-refractivity contribution in [2.45, 2.75) is 6.54 Å². The summed E-state index contributed by atoms with van der Waals surface area (Å²) in [6, 6.07) is 16.5. The minimum absolute atomic E-state index is 0.258. The average Bonchev–Trinajstić information content (AvgIpc) is 3.10. The lowest BCUT2D eigenvalue weighted by atomic mass is 10.1. The number of rotatable bonds is 5. The van der Waals surface area contributed by atoms with E-state index in [0.29, 0.717) is 24.2 Å². The number of carbonyl (C=O) groups is 1. The molecular weight excluding hydrogens is 342 g/mol. The molecular formula is C21H19N3O3. The maximum Gasteiger partial charge on any atom is 0.252 e. The van der Waals surface area contributed by atoms with Crippen LogP contribution in [0.25, 0.3) is 21.8 Å². The number of ether oxygens (including phenoxy) is 1. The number of benzene rings is 2. The Morgan fingerprint density at radius 1 is 1.11 bits per heavy atom. The lowest BCUT2D eigenvalue weighted by Crippen LogP contribution is -2.28.